The van der Waals surface area contributed by atoms with Crippen molar-refractivity contribution in [3.05, 3.63) is 23.8 Å². The van der Waals surface area contributed by atoms with Crippen molar-refractivity contribution in [3.63, 3.8) is 0 Å². The molecule has 1 saturated heterocycles. The second-order valence-corrected chi connectivity index (χ2v) is 6.42. The molecular weight excluding hydrogens is 318 g/mol. The van der Waals surface area contributed by atoms with Gasteiger partial charge in [-0.25, -0.2) is 0 Å². The Labute approximate surface area is 151 Å². The molecule has 1 aliphatic rings. The number of likely N-dealkylation sites (N-methyl/N-ethyl adjacent to an activating group) is 1. The largest absolute Gasteiger partial charge is 0.497 e. The van der Waals surface area contributed by atoms with E-state index in [2.05, 4.69) is 22.0 Å². The summed E-state index contributed by atoms with van der Waals surface area (Å²) in [4.78, 5) is 17.1. The summed E-state index contributed by atoms with van der Waals surface area (Å²) >= 11 is 0. The number of amides is 1. The molecule has 6 heteroatoms. The molecule has 1 N–H and O–H groups in total. The zero-order chi connectivity index (χ0) is 18.2. The number of nitrogens with one attached hydrogen (secondary N) is 1. The van der Waals surface area contributed by atoms with Gasteiger partial charge in [0.1, 0.15) is 11.5 Å². The van der Waals surface area contributed by atoms with Gasteiger partial charge in [-0.3, -0.25) is 4.79 Å². The highest BCUT2D eigenvalue weighted by Crippen LogP contribution is 2.29. The third kappa shape index (κ3) is 5.61. The second kappa shape index (κ2) is 9.63. The lowest BCUT2D eigenvalue weighted by molar-refractivity contribution is -0.122. The Morgan fingerprint density at radius 2 is 1.84 bits per heavy atom. The number of rotatable bonds is 8. The van der Waals surface area contributed by atoms with Crippen LogP contribution in [0.4, 0.5) is 0 Å². The molecule has 0 saturated carbocycles. The van der Waals surface area contributed by atoms with E-state index in [-0.39, 0.29) is 11.9 Å². The van der Waals surface area contributed by atoms with Gasteiger partial charge in [0.25, 0.3) is 0 Å². The highest BCUT2D eigenvalue weighted by molar-refractivity contribution is 5.76. The Morgan fingerprint density at radius 1 is 1.16 bits per heavy atom. The molecule has 1 aromatic carbocycles. The Bertz CT molecular complexity index is 557. The molecule has 25 heavy (non-hydrogen) atoms. The molecule has 1 fully saturated rings. The lowest BCUT2D eigenvalue weighted by atomic mass is 10.1. The number of piperazine rings is 1. The van der Waals surface area contributed by atoms with Gasteiger partial charge in [0.2, 0.25) is 5.91 Å². The van der Waals surface area contributed by atoms with Crippen LogP contribution in [0.25, 0.3) is 0 Å². The first-order valence-electron chi connectivity index (χ1n) is 9.03. The SMILES string of the molecule is CCN1CCN(CCC(=O)N[C@@H](C)c2cc(OC)ccc2OC)CC1. The smallest absolute Gasteiger partial charge is 0.221 e. The summed E-state index contributed by atoms with van der Waals surface area (Å²) in [7, 11) is 3.27. The maximum absolute atomic E-state index is 12.3. The average molecular weight is 349 g/mol. The maximum Gasteiger partial charge on any atom is 0.221 e. The quantitative estimate of drug-likeness (QED) is 0.777. The van der Waals surface area contributed by atoms with Crippen molar-refractivity contribution >= 4 is 5.91 Å². The molecule has 0 spiro atoms. The topological polar surface area (TPSA) is 54.0 Å². The normalized spacial score (nSPS) is 17.1. The maximum atomic E-state index is 12.3. The summed E-state index contributed by atoms with van der Waals surface area (Å²) in [6.07, 6.45) is 0.517. The molecule has 6 nitrogen and oxygen atoms in total. The summed E-state index contributed by atoms with van der Waals surface area (Å²) in [6.45, 7) is 10.3. The number of nitrogens with zero attached hydrogens (tertiary/aromatic N) is 2. The predicted octanol–water partition coefficient (Wildman–Crippen LogP) is 1.91. The van der Waals surface area contributed by atoms with E-state index in [4.69, 9.17) is 9.47 Å². The van der Waals surface area contributed by atoms with Crippen LogP contribution in [-0.2, 0) is 4.79 Å². The molecular formula is C19H31N3O3. The highest BCUT2D eigenvalue weighted by atomic mass is 16.5. The number of carbonyl (C=O) groups excluding carboxylic acids is 1. The molecule has 0 radical (unpaired) electrons. The lowest BCUT2D eigenvalue weighted by Crippen LogP contribution is -2.47. The van der Waals surface area contributed by atoms with Gasteiger partial charge in [-0.05, 0) is 31.7 Å². The van der Waals surface area contributed by atoms with Crippen LogP contribution in [0.1, 0.15) is 31.9 Å². The molecule has 1 amide bonds. The molecule has 0 unspecified atom stereocenters. The van der Waals surface area contributed by atoms with Crippen molar-refractivity contribution in [1.29, 1.82) is 0 Å². The predicted molar refractivity (Wildman–Crippen MR) is 99.3 cm³/mol. The van der Waals surface area contributed by atoms with E-state index in [1.54, 1.807) is 14.2 Å². The number of carbonyl (C=O) groups is 1. The van der Waals surface area contributed by atoms with E-state index in [1.165, 1.54) is 0 Å². The zero-order valence-electron chi connectivity index (χ0n) is 15.9. The second-order valence-electron chi connectivity index (χ2n) is 6.42. The fourth-order valence-electron chi connectivity index (χ4n) is 3.16. The first kappa shape index (κ1) is 19.5. The minimum Gasteiger partial charge on any atom is -0.497 e. The summed E-state index contributed by atoms with van der Waals surface area (Å²) in [5, 5.41) is 3.07. The first-order chi connectivity index (χ1) is 12.1. The Kier molecular flexibility index (Phi) is 7.52. The van der Waals surface area contributed by atoms with Gasteiger partial charge >= 0.3 is 0 Å². The number of benzene rings is 1. The fourth-order valence-corrected chi connectivity index (χ4v) is 3.16. The van der Waals surface area contributed by atoms with Crippen LogP contribution in [0.5, 0.6) is 11.5 Å². The van der Waals surface area contributed by atoms with Crippen molar-refractivity contribution in [2.24, 2.45) is 0 Å². The first-order valence-corrected chi connectivity index (χ1v) is 9.03. The summed E-state index contributed by atoms with van der Waals surface area (Å²) in [5.41, 5.74) is 0.923. The standard InChI is InChI=1S/C19H31N3O3/c1-5-21-10-12-22(13-11-21)9-8-19(23)20-15(2)17-14-16(24-3)6-7-18(17)25-4/h6-7,14-15H,5,8-13H2,1-4H3,(H,20,23)/t15-/m0/s1. The number of methoxy groups -OCH3 is 2. The van der Waals surface area contributed by atoms with Crippen LogP contribution in [-0.4, -0.2) is 69.2 Å². The molecule has 0 bridgehead atoms. The van der Waals surface area contributed by atoms with Crippen LogP contribution in [0.15, 0.2) is 18.2 Å². The van der Waals surface area contributed by atoms with Gasteiger partial charge in [-0.15, -0.1) is 0 Å². The van der Waals surface area contributed by atoms with Gasteiger partial charge in [-0.1, -0.05) is 6.92 Å². The molecule has 1 heterocycles. The summed E-state index contributed by atoms with van der Waals surface area (Å²) in [6, 6.07) is 5.50. The number of ether oxygens (including phenoxy) is 2. The van der Waals surface area contributed by atoms with E-state index in [9.17, 15) is 4.79 Å². The Morgan fingerprint density at radius 3 is 2.44 bits per heavy atom. The van der Waals surface area contributed by atoms with E-state index in [1.807, 2.05) is 25.1 Å². The van der Waals surface area contributed by atoms with Crippen molar-refractivity contribution in [2.75, 3.05) is 53.5 Å². The minimum atomic E-state index is -0.130. The van der Waals surface area contributed by atoms with E-state index in [0.29, 0.717) is 6.42 Å². The van der Waals surface area contributed by atoms with E-state index in [0.717, 1.165) is 56.3 Å². The Balaban J connectivity index is 1.84. The van der Waals surface area contributed by atoms with E-state index < -0.39 is 0 Å². The molecule has 0 aromatic heterocycles. The third-order valence-electron chi connectivity index (χ3n) is 4.85. The van der Waals surface area contributed by atoms with E-state index >= 15 is 0 Å². The summed E-state index contributed by atoms with van der Waals surface area (Å²) < 4.78 is 10.7. The Hall–Kier alpha value is -1.79. The van der Waals surface area contributed by atoms with Gasteiger partial charge in [0, 0.05) is 44.7 Å². The van der Waals surface area contributed by atoms with Crippen LogP contribution in [0, 0.1) is 0 Å². The van der Waals surface area contributed by atoms with Crippen molar-refractivity contribution < 1.29 is 14.3 Å². The van der Waals surface area contributed by atoms with Crippen molar-refractivity contribution in [2.45, 2.75) is 26.3 Å². The molecule has 140 valence electrons. The fraction of sp³-hybridized carbons (Fsp3) is 0.632. The molecule has 2 rings (SSSR count). The van der Waals surface area contributed by atoms with Gasteiger partial charge in [-0.2, -0.15) is 0 Å². The highest BCUT2D eigenvalue weighted by Gasteiger charge is 2.18. The zero-order valence-corrected chi connectivity index (χ0v) is 15.9. The van der Waals surface area contributed by atoms with Gasteiger partial charge < -0.3 is 24.6 Å². The molecule has 1 atom stereocenters. The number of hydrogen-bond donors (Lipinski definition) is 1. The monoisotopic (exact) mass is 349 g/mol. The average Bonchev–Trinajstić information content (AvgIpc) is 2.66. The molecule has 0 aliphatic carbocycles. The van der Waals surface area contributed by atoms with Crippen LogP contribution in [0.3, 0.4) is 0 Å². The van der Waals surface area contributed by atoms with Crippen molar-refractivity contribution in [3.8, 4) is 11.5 Å². The van der Waals surface area contributed by atoms with Gasteiger partial charge in [0.15, 0.2) is 0 Å². The third-order valence-corrected chi connectivity index (χ3v) is 4.85. The van der Waals surface area contributed by atoms with Crippen LogP contribution < -0.4 is 14.8 Å². The minimum absolute atomic E-state index is 0.0651. The summed E-state index contributed by atoms with van der Waals surface area (Å²) in [5.74, 6) is 1.57. The van der Waals surface area contributed by atoms with Gasteiger partial charge in [0.05, 0.1) is 20.3 Å². The molecule has 1 aromatic rings. The van der Waals surface area contributed by atoms with Crippen LogP contribution in [0.2, 0.25) is 0 Å². The molecule has 1 aliphatic heterocycles. The lowest BCUT2D eigenvalue weighted by Gasteiger charge is -2.33. The van der Waals surface area contributed by atoms with Crippen LogP contribution >= 0.6 is 0 Å². The van der Waals surface area contributed by atoms with Crippen molar-refractivity contribution in [1.82, 2.24) is 15.1 Å². The number of hydrogen-bond acceptors (Lipinski definition) is 5.